The van der Waals surface area contributed by atoms with Gasteiger partial charge in [-0.1, -0.05) is 0 Å². The third-order valence-corrected chi connectivity index (χ3v) is 5.39. The van der Waals surface area contributed by atoms with Crippen molar-refractivity contribution in [3.63, 3.8) is 0 Å². The predicted molar refractivity (Wildman–Crippen MR) is 89.0 cm³/mol. The molecule has 11 heteroatoms. The molecule has 1 fully saturated rings. The highest BCUT2D eigenvalue weighted by Crippen LogP contribution is 2.34. The van der Waals surface area contributed by atoms with Crippen LogP contribution in [0.1, 0.15) is 29.6 Å². The molecule has 3 atom stereocenters. The highest BCUT2D eigenvalue weighted by molar-refractivity contribution is 5.24. The fraction of sp³-hybridized carbons (Fsp3) is 0.500. The molecule has 2 aromatic rings. The maximum Gasteiger partial charge on any atom is 0.434 e. The van der Waals surface area contributed by atoms with E-state index in [9.17, 15) is 26.3 Å². The molecule has 2 N–H and O–H groups in total. The second-order valence-corrected chi connectivity index (χ2v) is 7.30. The zero-order valence-corrected chi connectivity index (χ0v) is 15.1. The van der Waals surface area contributed by atoms with Crippen molar-refractivity contribution in [2.24, 2.45) is 5.73 Å². The van der Waals surface area contributed by atoms with Gasteiger partial charge in [0.1, 0.15) is 17.7 Å². The molecule has 2 unspecified atom stereocenters. The number of fused-ring (bicyclic) bond motifs is 1. The topological polar surface area (TPSA) is 56.3 Å². The molecule has 0 amide bonds. The summed E-state index contributed by atoms with van der Waals surface area (Å²) >= 11 is 0. The molecule has 0 spiro atoms. The number of nitrogens with two attached hydrogens (primary N) is 1. The minimum absolute atomic E-state index is 0.129. The summed E-state index contributed by atoms with van der Waals surface area (Å²) in [5.74, 6) is -3.13. The van der Waals surface area contributed by atoms with Crippen molar-refractivity contribution in [1.29, 1.82) is 0 Å². The number of rotatable bonds is 2. The van der Waals surface area contributed by atoms with E-state index >= 15 is 0 Å². The third kappa shape index (κ3) is 3.86. The quantitative estimate of drug-likeness (QED) is 0.600. The number of benzene rings is 1. The number of hydrogen-bond donors (Lipinski definition) is 1. The molecular formula is C18H18F6N4O. The van der Waals surface area contributed by atoms with Crippen LogP contribution >= 0.6 is 0 Å². The van der Waals surface area contributed by atoms with Gasteiger partial charge in [0.05, 0.1) is 13.2 Å². The summed E-state index contributed by atoms with van der Waals surface area (Å²) in [7, 11) is 0. The van der Waals surface area contributed by atoms with Crippen LogP contribution in [0, 0.1) is 17.5 Å². The Hall–Kier alpha value is -2.11. The summed E-state index contributed by atoms with van der Waals surface area (Å²) in [5, 5.41) is 0. The molecule has 29 heavy (non-hydrogen) atoms. The summed E-state index contributed by atoms with van der Waals surface area (Å²) in [5.41, 5.74) is 5.03. The van der Waals surface area contributed by atoms with Crippen molar-refractivity contribution in [3.8, 4) is 0 Å². The predicted octanol–water partition coefficient (Wildman–Crippen LogP) is 2.99. The normalized spacial score (nSPS) is 25.8. The van der Waals surface area contributed by atoms with Crippen LogP contribution in [0.5, 0.6) is 0 Å². The second-order valence-electron chi connectivity index (χ2n) is 7.30. The van der Waals surface area contributed by atoms with Crippen LogP contribution in [-0.2, 0) is 24.0 Å². The van der Waals surface area contributed by atoms with Crippen LogP contribution in [0.15, 0.2) is 18.3 Å². The standard InChI is InChI=1S/C18H18F6N4O/c19-11-5-13(21)12(20)4-10(11)17-14(25)3-9(8-29-17)27-1-2-28-6-15(18(22,23)24)26-16(28)7-27/h4-6,9,14,17H,1-3,7-8,25H2/t9?,14?,17-/m1/s1. The number of nitrogens with zero attached hydrogens (tertiary/aromatic N) is 3. The Balaban J connectivity index is 1.46. The van der Waals surface area contributed by atoms with Crippen molar-refractivity contribution in [3.05, 3.63) is 52.9 Å². The van der Waals surface area contributed by atoms with Crippen molar-refractivity contribution in [2.45, 2.75) is 43.9 Å². The van der Waals surface area contributed by atoms with E-state index in [2.05, 4.69) is 4.98 Å². The maximum absolute atomic E-state index is 14.0. The Labute approximate surface area is 162 Å². The molecule has 1 aromatic carbocycles. The number of hydrogen-bond acceptors (Lipinski definition) is 4. The van der Waals surface area contributed by atoms with E-state index in [-0.39, 0.29) is 24.8 Å². The van der Waals surface area contributed by atoms with Crippen molar-refractivity contribution in [2.75, 3.05) is 13.2 Å². The number of aromatic nitrogens is 2. The van der Waals surface area contributed by atoms with Gasteiger partial charge in [-0.2, -0.15) is 13.2 Å². The smallest absolute Gasteiger partial charge is 0.370 e. The lowest BCUT2D eigenvalue weighted by molar-refractivity contribution is -0.141. The molecule has 1 saturated heterocycles. The van der Waals surface area contributed by atoms with Gasteiger partial charge in [-0.3, -0.25) is 4.90 Å². The zero-order chi connectivity index (χ0) is 20.9. The Bertz CT molecular complexity index is 914. The van der Waals surface area contributed by atoms with E-state index in [1.165, 1.54) is 4.57 Å². The van der Waals surface area contributed by atoms with Gasteiger partial charge in [0.25, 0.3) is 0 Å². The molecule has 158 valence electrons. The molecule has 1 aromatic heterocycles. The molecule has 2 aliphatic rings. The van der Waals surface area contributed by atoms with Gasteiger partial charge in [0, 0.05) is 43.0 Å². The van der Waals surface area contributed by atoms with E-state index < -0.39 is 41.5 Å². The molecule has 4 rings (SSSR count). The summed E-state index contributed by atoms with van der Waals surface area (Å²) < 4.78 is 86.4. The Morgan fingerprint density at radius 3 is 2.48 bits per heavy atom. The molecule has 0 radical (unpaired) electrons. The monoisotopic (exact) mass is 420 g/mol. The fourth-order valence-electron chi connectivity index (χ4n) is 3.89. The van der Waals surface area contributed by atoms with Gasteiger partial charge in [0.15, 0.2) is 17.3 Å². The van der Waals surface area contributed by atoms with Crippen LogP contribution in [0.25, 0.3) is 0 Å². The minimum Gasteiger partial charge on any atom is -0.370 e. The lowest BCUT2D eigenvalue weighted by atomic mass is 9.93. The Kier molecular flexibility index (Phi) is 5.07. The van der Waals surface area contributed by atoms with Gasteiger partial charge in [-0.15, -0.1) is 0 Å². The molecular weight excluding hydrogens is 402 g/mol. The van der Waals surface area contributed by atoms with Gasteiger partial charge in [0.2, 0.25) is 0 Å². The maximum atomic E-state index is 14.0. The van der Waals surface area contributed by atoms with Crippen LogP contribution < -0.4 is 5.73 Å². The average Bonchev–Trinajstić information content (AvgIpc) is 3.09. The number of halogens is 6. The van der Waals surface area contributed by atoms with Gasteiger partial charge in [-0.25, -0.2) is 18.2 Å². The largest absolute Gasteiger partial charge is 0.434 e. The van der Waals surface area contributed by atoms with E-state index in [4.69, 9.17) is 10.5 Å². The first-order valence-electron chi connectivity index (χ1n) is 9.02. The molecule has 5 nitrogen and oxygen atoms in total. The van der Waals surface area contributed by atoms with Crippen molar-refractivity contribution < 1.29 is 31.1 Å². The summed E-state index contributed by atoms with van der Waals surface area (Å²) in [6.45, 7) is 1.14. The first-order chi connectivity index (χ1) is 13.6. The van der Waals surface area contributed by atoms with Crippen molar-refractivity contribution in [1.82, 2.24) is 14.5 Å². The average molecular weight is 420 g/mol. The zero-order valence-electron chi connectivity index (χ0n) is 15.1. The van der Waals surface area contributed by atoms with Crippen LogP contribution in [0.3, 0.4) is 0 Å². The van der Waals surface area contributed by atoms with Crippen LogP contribution in [0.2, 0.25) is 0 Å². The van der Waals surface area contributed by atoms with E-state index in [1.807, 2.05) is 4.90 Å². The van der Waals surface area contributed by atoms with Crippen molar-refractivity contribution >= 4 is 0 Å². The third-order valence-electron chi connectivity index (χ3n) is 5.39. The van der Waals surface area contributed by atoms with Gasteiger partial charge in [-0.05, 0) is 12.5 Å². The number of ether oxygens (including phenoxy) is 1. The summed E-state index contributed by atoms with van der Waals surface area (Å²) in [6, 6.07) is 0.288. The Morgan fingerprint density at radius 2 is 1.79 bits per heavy atom. The first kappa shape index (κ1) is 20.2. The number of imidazole rings is 1. The van der Waals surface area contributed by atoms with E-state index in [0.717, 1.165) is 12.3 Å². The molecule has 0 aliphatic carbocycles. The highest BCUT2D eigenvalue weighted by atomic mass is 19.4. The lowest BCUT2D eigenvalue weighted by Gasteiger charge is -2.41. The summed E-state index contributed by atoms with van der Waals surface area (Å²) in [4.78, 5) is 5.59. The SMILES string of the molecule is NC1CC(N2CCn3cc(C(F)(F)F)nc3C2)CO[C@@H]1c1cc(F)c(F)cc1F. The molecule has 2 aliphatic heterocycles. The lowest BCUT2D eigenvalue weighted by Crippen LogP contribution is -2.51. The van der Waals surface area contributed by atoms with Crippen LogP contribution in [0.4, 0.5) is 26.3 Å². The van der Waals surface area contributed by atoms with Gasteiger partial charge < -0.3 is 15.0 Å². The highest BCUT2D eigenvalue weighted by Gasteiger charge is 2.38. The first-order valence-corrected chi connectivity index (χ1v) is 9.02. The summed E-state index contributed by atoms with van der Waals surface area (Å²) in [6.07, 6.45) is -4.09. The van der Waals surface area contributed by atoms with E-state index in [0.29, 0.717) is 31.4 Å². The molecule has 0 bridgehead atoms. The fourth-order valence-corrected chi connectivity index (χ4v) is 3.89. The van der Waals surface area contributed by atoms with Crippen LogP contribution in [-0.4, -0.2) is 39.7 Å². The molecule has 0 saturated carbocycles. The van der Waals surface area contributed by atoms with E-state index in [1.54, 1.807) is 0 Å². The van der Waals surface area contributed by atoms with Gasteiger partial charge >= 0.3 is 6.18 Å². The molecule has 3 heterocycles. The Morgan fingerprint density at radius 1 is 1.07 bits per heavy atom. The minimum atomic E-state index is -4.51. The number of alkyl halides is 3. The second kappa shape index (κ2) is 7.29.